The molecule has 132 valence electrons. The summed E-state index contributed by atoms with van der Waals surface area (Å²) in [4.78, 5) is 11.8. The van der Waals surface area contributed by atoms with Crippen LogP contribution in [0.25, 0.3) is 0 Å². The monoisotopic (exact) mass is 340 g/mol. The molecule has 0 atom stereocenters. The summed E-state index contributed by atoms with van der Waals surface area (Å²) >= 11 is 0. The van der Waals surface area contributed by atoms with Crippen LogP contribution in [0.15, 0.2) is 47.6 Å². The van der Waals surface area contributed by atoms with Gasteiger partial charge in [-0.05, 0) is 73.4 Å². The normalized spacial score (nSPS) is 10.7. The van der Waals surface area contributed by atoms with Gasteiger partial charge in [-0.25, -0.2) is 5.43 Å². The minimum absolute atomic E-state index is 0.0797. The molecule has 0 aromatic heterocycles. The molecule has 5 heteroatoms. The van der Waals surface area contributed by atoms with Crippen LogP contribution in [0.2, 0.25) is 0 Å². The molecule has 0 bridgehead atoms. The maximum Gasteiger partial charge on any atom is 0.277 e. The van der Waals surface area contributed by atoms with Crippen LogP contribution >= 0.6 is 0 Å². The highest BCUT2D eigenvalue weighted by Crippen LogP contribution is 2.16. The number of aryl methyl sites for hydroxylation is 2. The Bertz CT molecular complexity index is 724. The van der Waals surface area contributed by atoms with Gasteiger partial charge < -0.3 is 9.47 Å². The molecule has 2 aromatic rings. The van der Waals surface area contributed by atoms with Crippen molar-refractivity contribution in [2.75, 3.05) is 13.2 Å². The van der Waals surface area contributed by atoms with Crippen molar-refractivity contribution in [2.24, 2.45) is 5.10 Å². The number of hydrogen-bond acceptors (Lipinski definition) is 4. The molecule has 0 fully saturated rings. The number of hydrogen-bond donors (Lipinski definition) is 1. The van der Waals surface area contributed by atoms with Gasteiger partial charge in [0.25, 0.3) is 5.91 Å². The number of benzene rings is 2. The topological polar surface area (TPSA) is 59.9 Å². The van der Waals surface area contributed by atoms with E-state index >= 15 is 0 Å². The van der Waals surface area contributed by atoms with Crippen LogP contribution in [0, 0.1) is 13.8 Å². The van der Waals surface area contributed by atoms with Crippen LogP contribution in [0.4, 0.5) is 0 Å². The molecule has 0 aliphatic rings. The van der Waals surface area contributed by atoms with E-state index in [0.29, 0.717) is 12.4 Å². The highest BCUT2D eigenvalue weighted by atomic mass is 16.5. The summed E-state index contributed by atoms with van der Waals surface area (Å²) in [7, 11) is 0. The molecule has 5 nitrogen and oxygen atoms in total. The first-order valence-corrected chi connectivity index (χ1v) is 8.33. The van der Waals surface area contributed by atoms with E-state index in [1.54, 1.807) is 6.21 Å². The van der Waals surface area contributed by atoms with Crippen LogP contribution < -0.4 is 14.9 Å². The first kappa shape index (κ1) is 18.5. The molecular formula is C20H24N2O3. The number of carbonyl (C=O) groups is 1. The zero-order valence-electron chi connectivity index (χ0n) is 14.9. The Hall–Kier alpha value is -2.82. The smallest absolute Gasteiger partial charge is 0.277 e. The van der Waals surface area contributed by atoms with E-state index in [1.807, 2.05) is 56.3 Å². The SMILES string of the molecule is CCCOc1ccc(/C=N\NC(=O)COc2ccc(C)c(C)c2)cc1. The largest absolute Gasteiger partial charge is 0.494 e. The molecule has 0 aliphatic carbocycles. The van der Waals surface area contributed by atoms with E-state index in [-0.39, 0.29) is 12.5 Å². The summed E-state index contributed by atoms with van der Waals surface area (Å²) in [5.74, 6) is 1.19. The van der Waals surface area contributed by atoms with Gasteiger partial charge in [0.2, 0.25) is 0 Å². The van der Waals surface area contributed by atoms with E-state index in [9.17, 15) is 4.79 Å². The van der Waals surface area contributed by atoms with Gasteiger partial charge >= 0.3 is 0 Å². The number of nitrogens with one attached hydrogen (secondary N) is 1. The second kappa shape index (κ2) is 9.47. The average molecular weight is 340 g/mol. The Balaban J connectivity index is 1.77. The fraction of sp³-hybridized carbons (Fsp3) is 0.300. The summed E-state index contributed by atoms with van der Waals surface area (Å²) in [5.41, 5.74) is 5.64. The minimum Gasteiger partial charge on any atom is -0.494 e. The standard InChI is InChI=1S/C20H24N2O3/c1-4-11-24-18-9-6-17(7-10-18)13-21-22-20(23)14-25-19-8-5-15(2)16(3)12-19/h5-10,12-13H,4,11,14H2,1-3H3,(H,22,23)/b21-13-. The molecular weight excluding hydrogens is 316 g/mol. The fourth-order valence-electron chi connectivity index (χ4n) is 2.03. The number of ether oxygens (including phenoxy) is 2. The van der Waals surface area contributed by atoms with Crippen LogP contribution in [0.5, 0.6) is 11.5 Å². The van der Waals surface area contributed by atoms with Gasteiger partial charge in [-0.15, -0.1) is 0 Å². The average Bonchev–Trinajstić information content (AvgIpc) is 2.62. The van der Waals surface area contributed by atoms with Crippen LogP contribution in [0.1, 0.15) is 30.0 Å². The summed E-state index contributed by atoms with van der Waals surface area (Å²) in [6.07, 6.45) is 2.55. The molecule has 0 saturated heterocycles. The molecule has 0 saturated carbocycles. The summed E-state index contributed by atoms with van der Waals surface area (Å²) in [6, 6.07) is 13.2. The Labute approximate surface area is 148 Å². The number of carbonyl (C=O) groups excluding carboxylic acids is 1. The lowest BCUT2D eigenvalue weighted by Crippen LogP contribution is -2.24. The summed E-state index contributed by atoms with van der Waals surface area (Å²) < 4.78 is 11.0. The van der Waals surface area contributed by atoms with Crippen LogP contribution in [-0.2, 0) is 4.79 Å². The van der Waals surface area contributed by atoms with E-state index in [0.717, 1.165) is 23.3 Å². The molecule has 2 rings (SSSR count). The fourth-order valence-corrected chi connectivity index (χ4v) is 2.03. The van der Waals surface area contributed by atoms with Gasteiger partial charge in [-0.2, -0.15) is 5.10 Å². The van der Waals surface area contributed by atoms with Crippen molar-refractivity contribution in [2.45, 2.75) is 27.2 Å². The second-order valence-electron chi connectivity index (χ2n) is 5.75. The molecule has 0 aliphatic heterocycles. The first-order valence-electron chi connectivity index (χ1n) is 8.33. The number of nitrogens with zero attached hydrogens (tertiary/aromatic N) is 1. The lowest BCUT2D eigenvalue weighted by Gasteiger charge is -2.07. The molecule has 0 spiro atoms. The third kappa shape index (κ3) is 6.30. The van der Waals surface area contributed by atoms with Gasteiger partial charge in [0.15, 0.2) is 6.61 Å². The van der Waals surface area contributed by atoms with Crippen molar-refractivity contribution >= 4 is 12.1 Å². The molecule has 0 heterocycles. The Morgan fingerprint density at radius 3 is 2.44 bits per heavy atom. The third-order valence-corrected chi connectivity index (χ3v) is 3.60. The van der Waals surface area contributed by atoms with Crippen molar-refractivity contribution in [1.29, 1.82) is 0 Å². The Morgan fingerprint density at radius 1 is 1.04 bits per heavy atom. The Kier molecular flexibility index (Phi) is 7.01. The van der Waals surface area contributed by atoms with Crippen molar-refractivity contribution in [3.8, 4) is 11.5 Å². The molecule has 25 heavy (non-hydrogen) atoms. The quantitative estimate of drug-likeness (QED) is 0.590. The number of rotatable bonds is 8. The van der Waals surface area contributed by atoms with E-state index in [1.165, 1.54) is 5.56 Å². The van der Waals surface area contributed by atoms with Crippen LogP contribution in [0.3, 0.4) is 0 Å². The summed E-state index contributed by atoms with van der Waals surface area (Å²) in [5, 5.41) is 3.93. The third-order valence-electron chi connectivity index (χ3n) is 3.60. The van der Waals surface area contributed by atoms with Gasteiger partial charge in [0.05, 0.1) is 12.8 Å². The zero-order valence-corrected chi connectivity index (χ0v) is 14.9. The predicted molar refractivity (Wildman–Crippen MR) is 99.4 cm³/mol. The highest BCUT2D eigenvalue weighted by molar-refractivity contribution is 5.83. The maximum atomic E-state index is 11.8. The van der Waals surface area contributed by atoms with Crippen molar-refractivity contribution in [1.82, 2.24) is 5.43 Å². The maximum absolute atomic E-state index is 11.8. The molecule has 0 unspecified atom stereocenters. The molecule has 0 radical (unpaired) electrons. The first-order chi connectivity index (χ1) is 12.1. The lowest BCUT2D eigenvalue weighted by atomic mass is 10.1. The number of amides is 1. The van der Waals surface area contributed by atoms with Crippen molar-refractivity contribution < 1.29 is 14.3 Å². The lowest BCUT2D eigenvalue weighted by molar-refractivity contribution is -0.123. The van der Waals surface area contributed by atoms with E-state index in [2.05, 4.69) is 17.5 Å². The van der Waals surface area contributed by atoms with Crippen molar-refractivity contribution in [3.63, 3.8) is 0 Å². The van der Waals surface area contributed by atoms with Gasteiger partial charge in [-0.3, -0.25) is 4.79 Å². The molecule has 1 amide bonds. The minimum atomic E-state index is -0.308. The second-order valence-corrected chi connectivity index (χ2v) is 5.75. The predicted octanol–water partition coefficient (Wildman–Crippen LogP) is 3.62. The van der Waals surface area contributed by atoms with E-state index < -0.39 is 0 Å². The Morgan fingerprint density at radius 2 is 1.76 bits per heavy atom. The van der Waals surface area contributed by atoms with Crippen LogP contribution in [-0.4, -0.2) is 25.3 Å². The van der Waals surface area contributed by atoms with Gasteiger partial charge in [0.1, 0.15) is 11.5 Å². The summed E-state index contributed by atoms with van der Waals surface area (Å²) in [6.45, 7) is 6.72. The molecule has 2 aromatic carbocycles. The van der Waals surface area contributed by atoms with Gasteiger partial charge in [-0.1, -0.05) is 13.0 Å². The van der Waals surface area contributed by atoms with Gasteiger partial charge in [0, 0.05) is 0 Å². The molecule has 1 N–H and O–H groups in total. The zero-order chi connectivity index (χ0) is 18.1. The van der Waals surface area contributed by atoms with Crippen molar-refractivity contribution in [3.05, 3.63) is 59.2 Å². The van der Waals surface area contributed by atoms with E-state index in [4.69, 9.17) is 9.47 Å². The number of hydrazone groups is 1. The highest BCUT2D eigenvalue weighted by Gasteiger charge is 2.02.